The first kappa shape index (κ1) is 23.2. The molecule has 3 aromatic carbocycles. The summed E-state index contributed by atoms with van der Waals surface area (Å²) in [4.78, 5) is -0.00800. The van der Waals surface area contributed by atoms with Crippen molar-refractivity contribution in [1.29, 1.82) is 5.41 Å². The highest BCUT2D eigenvalue weighted by Crippen LogP contribution is 2.30. The van der Waals surface area contributed by atoms with E-state index in [1.165, 1.54) is 36.2 Å². The summed E-state index contributed by atoms with van der Waals surface area (Å²) in [6.45, 7) is 1.83. The van der Waals surface area contributed by atoms with Crippen molar-refractivity contribution in [2.45, 2.75) is 17.7 Å². The number of amidine groups is 1. The fourth-order valence-corrected chi connectivity index (χ4v) is 4.84. The third-order valence-electron chi connectivity index (χ3n) is 5.15. The highest BCUT2D eigenvalue weighted by molar-refractivity contribution is 7.90. The molecule has 0 radical (unpaired) electrons. The first-order valence-electron chi connectivity index (χ1n) is 10.1. The third-order valence-corrected chi connectivity index (χ3v) is 6.94. The molecule has 0 fully saturated rings. The van der Waals surface area contributed by atoms with E-state index in [0.29, 0.717) is 16.6 Å². The summed E-state index contributed by atoms with van der Waals surface area (Å²) in [6, 6.07) is 22.9. The lowest BCUT2D eigenvalue weighted by Gasteiger charge is -2.18. The number of hydrogen-bond donors (Lipinski definition) is 1. The number of nitrogens with one attached hydrogen (secondary N) is 1. The van der Waals surface area contributed by atoms with Crippen LogP contribution in [0.4, 0.5) is 0 Å². The SMILES string of the molecule is CC(=N)/C(=N\S(=O)(=O)c1ccc(Cl)cc1)N1CC(c2ccccc2)C(c2ccc(Cl)cc2)=N1. The first-order valence-corrected chi connectivity index (χ1v) is 12.3. The van der Waals surface area contributed by atoms with Crippen molar-refractivity contribution in [2.24, 2.45) is 9.50 Å². The Kier molecular flexibility index (Phi) is 6.65. The zero-order chi connectivity index (χ0) is 23.6. The molecule has 1 atom stereocenters. The van der Waals surface area contributed by atoms with Gasteiger partial charge in [0, 0.05) is 16.0 Å². The van der Waals surface area contributed by atoms with Gasteiger partial charge in [0.05, 0.1) is 22.9 Å². The summed E-state index contributed by atoms with van der Waals surface area (Å²) in [6.07, 6.45) is 0. The molecule has 0 saturated carbocycles. The minimum absolute atomic E-state index is 0.00800. The van der Waals surface area contributed by atoms with E-state index in [1.807, 2.05) is 42.5 Å². The molecule has 0 bridgehead atoms. The van der Waals surface area contributed by atoms with Gasteiger partial charge in [0.2, 0.25) is 0 Å². The molecule has 6 nitrogen and oxygen atoms in total. The first-order chi connectivity index (χ1) is 15.7. The summed E-state index contributed by atoms with van der Waals surface area (Å²) in [5, 5.41) is 15.4. The summed E-state index contributed by atoms with van der Waals surface area (Å²) >= 11 is 11.9. The van der Waals surface area contributed by atoms with Crippen LogP contribution in [0.3, 0.4) is 0 Å². The van der Waals surface area contributed by atoms with Gasteiger partial charge in [-0.15, -0.1) is 4.40 Å². The lowest BCUT2D eigenvalue weighted by atomic mass is 9.90. The van der Waals surface area contributed by atoms with Crippen molar-refractivity contribution >= 4 is 50.5 Å². The number of sulfonamides is 1. The molecule has 3 aromatic rings. The fourth-order valence-electron chi connectivity index (χ4n) is 3.54. The Morgan fingerprint density at radius 3 is 2.12 bits per heavy atom. The molecule has 0 aromatic heterocycles. The maximum absolute atomic E-state index is 12.9. The average molecular weight is 499 g/mol. The fraction of sp³-hybridized carbons (Fsp3) is 0.125. The molecule has 0 spiro atoms. The predicted molar refractivity (Wildman–Crippen MR) is 133 cm³/mol. The van der Waals surface area contributed by atoms with Crippen LogP contribution in [0.5, 0.6) is 0 Å². The largest absolute Gasteiger partial charge is 0.302 e. The summed E-state index contributed by atoms with van der Waals surface area (Å²) in [5.41, 5.74) is 2.62. The molecule has 0 aliphatic carbocycles. The minimum Gasteiger partial charge on any atom is -0.302 e. The van der Waals surface area contributed by atoms with Crippen molar-refractivity contribution in [3.05, 3.63) is 100 Å². The molecular formula is C24H20Cl2N4O2S. The summed E-state index contributed by atoms with van der Waals surface area (Å²) in [5.74, 6) is -0.176. The molecule has 0 amide bonds. The topological polar surface area (TPSA) is 85.9 Å². The number of hydrazone groups is 1. The molecule has 1 heterocycles. The van der Waals surface area contributed by atoms with Gasteiger partial charge in [0.25, 0.3) is 10.0 Å². The lowest BCUT2D eigenvalue weighted by Crippen LogP contribution is -2.31. The van der Waals surface area contributed by atoms with Gasteiger partial charge in [-0.25, -0.2) is 5.01 Å². The molecule has 1 N–H and O–H groups in total. The second kappa shape index (κ2) is 9.47. The number of benzene rings is 3. The molecule has 4 rings (SSSR count). The van der Waals surface area contributed by atoms with Gasteiger partial charge < -0.3 is 5.41 Å². The van der Waals surface area contributed by atoms with Crippen LogP contribution < -0.4 is 0 Å². The van der Waals surface area contributed by atoms with Gasteiger partial charge in [-0.2, -0.15) is 13.5 Å². The van der Waals surface area contributed by atoms with Gasteiger partial charge in [0.15, 0.2) is 5.84 Å². The van der Waals surface area contributed by atoms with Crippen LogP contribution in [0.1, 0.15) is 24.0 Å². The van der Waals surface area contributed by atoms with Crippen molar-refractivity contribution in [3.63, 3.8) is 0 Å². The Labute approximate surface area is 202 Å². The van der Waals surface area contributed by atoms with Crippen LogP contribution in [-0.2, 0) is 10.0 Å². The Morgan fingerprint density at radius 2 is 1.55 bits per heavy atom. The molecule has 33 heavy (non-hydrogen) atoms. The van der Waals surface area contributed by atoms with E-state index >= 15 is 0 Å². The summed E-state index contributed by atoms with van der Waals surface area (Å²) < 4.78 is 29.9. The number of hydrogen-bond acceptors (Lipinski definition) is 4. The van der Waals surface area contributed by atoms with Crippen molar-refractivity contribution < 1.29 is 8.42 Å². The van der Waals surface area contributed by atoms with E-state index in [4.69, 9.17) is 33.7 Å². The maximum atomic E-state index is 12.9. The number of rotatable bonds is 5. The molecule has 0 saturated heterocycles. The molecule has 1 aliphatic heterocycles. The van der Waals surface area contributed by atoms with Gasteiger partial charge in [-0.1, -0.05) is 65.7 Å². The lowest BCUT2D eigenvalue weighted by molar-refractivity contribution is 0.480. The van der Waals surface area contributed by atoms with E-state index in [-0.39, 0.29) is 22.4 Å². The minimum atomic E-state index is -4.07. The van der Waals surface area contributed by atoms with E-state index in [2.05, 4.69) is 4.40 Å². The zero-order valence-corrected chi connectivity index (χ0v) is 19.9. The van der Waals surface area contributed by atoms with Gasteiger partial charge >= 0.3 is 0 Å². The Balaban J connectivity index is 1.78. The average Bonchev–Trinajstić information content (AvgIpc) is 3.24. The molecular weight excluding hydrogens is 479 g/mol. The van der Waals surface area contributed by atoms with Crippen LogP contribution >= 0.6 is 23.2 Å². The Morgan fingerprint density at radius 1 is 0.970 bits per heavy atom. The van der Waals surface area contributed by atoms with E-state index < -0.39 is 10.0 Å². The number of nitrogens with zero attached hydrogens (tertiary/aromatic N) is 3. The number of halogens is 2. The quantitative estimate of drug-likeness (QED) is 0.365. The van der Waals surface area contributed by atoms with Crippen molar-refractivity contribution in [1.82, 2.24) is 5.01 Å². The van der Waals surface area contributed by atoms with Crippen LogP contribution in [0, 0.1) is 5.41 Å². The van der Waals surface area contributed by atoms with E-state index in [0.717, 1.165) is 16.8 Å². The molecule has 1 unspecified atom stereocenters. The molecule has 168 valence electrons. The van der Waals surface area contributed by atoms with E-state index in [1.54, 1.807) is 12.1 Å². The van der Waals surface area contributed by atoms with Crippen LogP contribution in [0.15, 0.2) is 93.3 Å². The van der Waals surface area contributed by atoms with Crippen molar-refractivity contribution in [3.8, 4) is 0 Å². The van der Waals surface area contributed by atoms with Crippen molar-refractivity contribution in [2.75, 3.05) is 6.54 Å². The van der Waals surface area contributed by atoms with Crippen LogP contribution in [0.25, 0.3) is 0 Å². The Bertz CT molecular complexity index is 1340. The monoisotopic (exact) mass is 498 g/mol. The maximum Gasteiger partial charge on any atom is 0.284 e. The zero-order valence-electron chi connectivity index (χ0n) is 17.6. The Hall–Kier alpha value is -3.00. The van der Waals surface area contributed by atoms with Gasteiger partial charge in [0.1, 0.15) is 0 Å². The van der Waals surface area contributed by atoms with Gasteiger partial charge in [-0.05, 0) is 54.4 Å². The standard InChI is InChI=1S/C24H20Cl2N4O2S/c1-16(27)24(29-33(31,32)21-13-11-20(26)12-14-21)30-15-22(17-5-3-2-4-6-17)23(28-30)18-7-9-19(25)10-8-18/h2-14,22,27H,15H2,1H3/b27-16?,29-24+. The van der Waals surface area contributed by atoms with Crippen LogP contribution in [-0.4, -0.2) is 37.2 Å². The highest BCUT2D eigenvalue weighted by atomic mass is 35.5. The predicted octanol–water partition coefficient (Wildman–Crippen LogP) is 5.62. The smallest absolute Gasteiger partial charge is 0.284 e. The van der Waals surface area contributed by atoms with E-state index in [9.17, 15) is 8.42 Å². The highest BCUT2D eigenvalue weighted by Gasteiger charge is 2.33. The third kappa shape index (κ3) is 5.16. The normalized spacial score (nSPS) is 16.6. The summed E-state index contributed by atoms with van der Waals surface area (Å²) in [7, 11) is -4.07. The van der Waals surface area contributed by atoms with Crippen LogP contribution in [0.2, 0.25) is 10.0 Å². The molecule has 9 heteroatoms. The molecule has 1 aliphatic rings. The second-order valence-electron chi connectivity index (χ2n) is 7.51. The van der Waals surface area contributed by atoms with Gasteiger partial charge in [-0.3, -0.25) is 0 Å². The second-order valence-corrected chi connectivity index (χ2v) is 9.98.